The highest BCUT2D eigenvalue weighted by Gasteiger charge is 2.07. The molecule has 0 spiro atoms. The number of pyridine rings is 1. The molecular weight excluding hydrogens is 212 g/mol. The number of nitrogens with two attached hydrogens (primary N) is 1. The third kappa shape index (κ3) is 2.05. The van der Waals surface area contributed by atoms with Gasteiger partial charge in [0.1, 0.15) is 11.0 Å². The zero-order valence-corrected chi connectivity index (χ0v) is 8.86. The van der Waals surface area contributed by atoms with Crippen molar-refractivity contribution in [3.05, 3.63) is 35.2 Å². The fourth-order valence-corrected chi connectivity index (χ4v) is 1.40. The van der Waals surface area contributed by atoms with Crippen molar-refractivity contribution in [3.63, 3.8) is 0 Å². The maximum absolute atomic E-state index is 5.95. The molecule has 0 saturated heterocycles. The predicted octanol–water partition coefficient (Wildman–Crippen LogP) is 2.08. The average Bonchev–Trinajstić information content (AvgIpc) is 2.22. The Bertz CT molecular complexity index is 499. The lowest BCUT2D eigenvalue weighted by Crippen LogP contribution is -1.96. The van der Waals surface area contributed by atoms with Gasteiger partial charge in [0.25, 0.3) is 0 Å². The Hall–Kier alpha value is -1.68. The smallest absolute Gasteiger partial charge is 0.164 e. The van der Waals surface area contributed by atoms with Crippen LogP contribution >= 0.6 is 11.6 Å². The van der Waals surface area contributed by atoms with Crippen molar-refractivity contribution in [2.45, 2.75) is 6.92 Å². The van der Waals surface area contributed by atoms with Crippen LogP contribution in [0.1, 0.15) is 5.56 Å². The minimum atomic E-state index is 0.381. The Morgan fingerprint density at radius 1 is 1.33 bits per heavy atom. The molecule has 0 aliphatic heterocycles. The molecule has 0 atom stereocenters. The van der Waals surface area contributed by atoms with E-state index in [-0.39, 0.29) is 0 Å². The standard InChI is InChI=1S/C10H9ClN4/c1-6-4-7(9(11)14-5-6)10-13-3-2-8(12)15-10/h2-5H,1H3,(H2,12,13,15). The van der Waals surface area contributed by atoms with Crippen LogP contribution in [0.25, 0.3) is 11.4 Å². The largest absolute Gasteiger partial charge is 0.384 e. The van der Waals surface area contributed by atoms with Crippen molar-refractivity contribution in [2.75, 3.05) is 5.73 Å². The highest BCUT2D eigenvalue weighted by atomic mass is 35.5. The highest BCUT2D eigenvalue weighted by Crippen LogP contribution is 2.23. The Kier molecular flexibility index (Phi) is 2.51. The van der Waals surface area contributed by atoms with Gasteiger partial charge in [0.15, 0.2) is 5.82 Å². The molecule has 76 valence electrons. The number of aryl methyl sites for hydroxylation is 1. The van der Waals surface area contributed by atoms with Gasteiger partial charge in [-0.05, 0) is 24.6 Å². The van der Waals surface area contributed by atoms with E-state index in [1.54, 1.807) is 18.5 Å². The summed E-state index contributed by atoms with van der Waals surface area (Å²) in [6.07, 6.45) is 3.29. The number of anilines is 1. The monoisotopic (exact) mass is 220 g/mol. The van der Waals surface area contributed by atoms with Crippen molar-refractivity contribution in [3.8, 4) is 11.4 Å². The molecule has 0 radical (unpaired) electrons. The molecule has 2 aromatic heterocycles. The average molecular weight is 221 g/mol. The molecule has 2 rings (SSSR count). The zero-order chi connectivity index (χ0) is 10.8. The van der Waals surface area contributed by atoms with Crippen LogP contribution < -0.4 is 5.73 Å². The first-order valence-electron chi connectivity index (χ1n) is 4.38. The SMILES string of the molecule is Cc1cnc(Cl)c(-c2nccc(N)n2)c1. The first kappa shape index (κ1) is 9.86. The lowest BCUT2D eigenvalue weighted by molar-refractivity contribution is 1.16. The second kappa shape index (κ2) is 3.82. The topological polar surface area (TPSA) is 64.7 Å². The molecule has 5 heteroatoms. The molecular formula is C10H9ClN4. The molecule has 2 aromatic rings. The van der Waals surface area contributed by atoms with Gasteiger partial charge in [-0.2, -0.15) is 0 Å². The molecule has 0 bridgehead atoms. The van der Waals surface area contributed by atoms with Crippen LogP contribution in [0, 0.1) is 6.92 Å². The van der Waals surface area contributed by atoms with Gasteiger partial charge in [0.05, 0.1) is 5.56 Å². The van der Waals surface area contributed by atoms with Crippen LogP contribution in [0.3, 0.4) is 0 Å². The molecule has 4 nitrogen and oxygen atoms in total. The van der Waals surface area contributed by atoms with Gasteiger partial charge in [-0.3, -0.25) is 0 Å². The van der Waals surface area contributed by atoms with Gasteiger partial charge in [-0.1, -0.05) is 11.6 Å². The Morgan fingerprint density at radius 2 is 2.13 bits per heavy atom. The van der Waals surface area contributed by atoms with E-state index in [1.807, 2.05) is 13.0 Å². The molecule has 0 aliphatic rings. The quantitative estimate of drug-likeness (QED) is 0.748. The maximum Gasteiger partial charge on any atom is 0.164 e. The minimum Gasteiger partial charge on any atom is -0.384 e. The molecule has 0 saturated carbocycles. The van der Waals surface area contributed by atoms with Crippen LogP contribution in [0.2, 0.25) is 5.15 Å². The van der Waals surface area contributed by atoms with Crippen molar-refractivity contribution in [1.29, 1.82) is 0 Å². The van der Waals surface area contributed by atoms with Gasteiger partial charge in [0, 0.05) is 12.4 Å². The first-order valence-corrected chi connectivity index (χ1v) is 4.75. The van der Waals surface area contributed by atoms with Crippen LogP contribution in [0.5, 0.6) is 0 Å². The van der Waals surface area contributed by atoms with E-state index in [9.17, 15) is 0 Å². The molecule has 0 amide bonds. The van der Waals surface area contributed by atoms with Crippen LogP contribution in [0.15, 0.2) is 24.5 Å². The minimum absolute atomic E-state index is 0.381. The number of hydrogen-bond acceptors (Lipinski definition) is 4. The third-order valence-corrected chi connectivity index (χ3v) is 2.20. The molecule has 2 heterocycles. The van der Waals surface area contributed by atoms with Gasteiger partial charge < -0.3 is 5.73 Å². The van der Waals surface area contributed by atoms with E-state index in [0.717, 1.165) is 5.56 Å². The number of aromatic nitrogens is 3. The van der Waals surface area contributed by atoms with Crippen molar-refractivity contribution >= 4 is 17.4 Å². The summed E-state index contributed by atoms with van der Waals surface area (Å²) in [5, 5.41) is 0.381. The van der Waals surface area contributed by atoms with Gasteiger partial charge in [0.2, 0.25) is 0 Å². The molecule has 0 aliphatic carbocycles. The Morgan fingerprint density at radius 3 is 2.87 bits per heavy atom. The van der Waals surface area contributed by atoms with E-state index in [4.69, 9.17) is 17.3 Å². The van der Waals surface area contributed by atoms with E-state index in [1.165, 1.54) is 0 Å². The Labute approximate surface area is 92.2 Å². The lowest BCUT2D eigenvalue weighted by Gasteiger charge is -2.03. The summed E-state index contributed by atoms with van der Waals surface area (Å²) in [6, 6.07) is 3.50. The van der Waals surface area contributed by atoms with E-state index >= 15 is 0 Å². The van der Waals surface area contributed by atoms with Gasteiger partial charge in [-0.15, -0.1) is 0 Å². The number of nitrogens with zero attached hydrogens (tertiary/aromatic N) is 3. The van der Waals surface area contributed by atoms with E-state index < -0.39 is 0 Å². The fourth-order valence-electron chi connectivity index (χ4n) is 1.21. The summed E-state index contributed by atoms with van der Waals surface area (Å²) in [7, 11) is 0. The van der Waals surface area contributed by atoms with Crippen molar-refractivity contribution in [1.82, 2.24) is 15.0 Å². The summed E-state index contributed by atoms with van der Waals surface area (Å²) >= 11 is 5.95. The molecule has 0 aromatic carbocycles. The number of rotatable bonds is 1. The summed E-state index contributed by atoms with van der Waals surface area (Å²) in [4.78, 5) is 12.2. The second-order valence-electron chi connectivity index (χ2n) is 3.16. The lowest BCUT2D eigenvalue weighted by atomic mass is 10.2. The van der Waals surface area contributed by atoms with Crippen LogP contribution in [-0.2, 0) is 0 Å². The fraction of sp³-hybridized carbons (Fsp3) is 0.100. The maximum atomic E-state index is 5.95. The van der Waals surface area contributed by atoms with Gasteiger partial charge in [-0.25, -0.2) is 15.0 Å². The van der Waals surface area contributed by atoms with Crippen LogP contribution in [0.4, 0.5) is 5.82 Å². The highest BCUT2D eigenvalue weighted by molar-refractivity contribution is 6.31. The van der Waals surface area contributed by atoms with Crippen LogP contribution in [-0.4, -0.2) is 15.0 Å². The van der Waals surface area contributed by atoms with E-state index in [2.05, 4.69) is 15.0 Å². The summed E-state index contributed by atoms with van der Waals surface area (Å²) in [5.41, 5.74) is 7.27. The number of hydrogen-bond donors (Lipinski definition) is 1. The van der Waals surface area contributed by atoms with E-state index in [0.29, 0.717) is 22.4 Å². The third-order valence-electron chi connectivity index (χ3n) is 1.89. The normalized spacial score (nSPS) is 10.3. The molecule has 0 fully saturated rings. The van der Waals surface area contributed by atoms with Crippen molar-refractivity contribution in [2.24, 2.45) is 0 Å². The summed E-state index contributed by atoms with van der Waals surface area (Å²) in [5.74, 6) is 0.911. The predicted molar refractivity (Wildman–Crippen MR) is 59.4 cm³/mol. The summed E-state index contributed by atoms with van der Waals surface area (Å²) in [6.45, 7) is 1.93. The molecule has 2 N–H and O–H groups in total. The molecule has 15 heavy (non-hydrogen) atoms. The number of halogens is 1. The van der Waals surface area contributed by atoms with Crippen molar-refractivity contribution < 1.29 is 0 Å². The Balaban J connectivity index is 2.58. The van der Waals surface area contributed by atoms with Gasteiger partial charge >= 0.3 is 0 Å². The first-order chi connectivity index (χ1) is 7.16. The summed E-state index contributed by atoms with van der Waals surface area (Å²) < 4.78 is 0. The second-order valence-corrected chi connectivity index (χ2v) is 3.51. The number of nitrogen functional groups attached to an aromatic ring is 1. The molecule has 0 unspecified atom stereocenters. The zero-order valence-electron chi connectivity index (χ0n) is 8.11.